The summed E-state index contributed by atoms with van der Waals surface area (Å²) in [6.45, 7) is 4.92. The van der Waals surface area contributed by atoms with Gasteiger partial charge in [0.05, 0.1) is 0 Å². The molecule has 27 heavy (non-hydrogen) atoms. The molecule has 0 aliphatic carbocycles. The summed E-state index contributed by atoms with van der Waals surface area (Å²) in [5, 5.41) is 8.85. The number of amides is 1. The molecule has 0 saturated carbocycles. The van der Waals surface area contributed by atoms with Crippen LogP contribution in [-0.4, -0.2) is 35.1 Å². The van der Waals surface area contributed by atoms with Gasteiger partial charge in [-0.05, 0) is 36.1 Å². The zero-order valence-corrected chi connectivity index (χ0v) is 16.0. The second kappa shape index (κ2) is 7.89. The fourth-order valence-electron chi connectivity index (χ4n) is 2.60. The highest BCUT2D eigenvalue weighted by atomic mass is 32.2. The van der Waals surface area contributed by atoms with E-state index < -0.39 is 20.5 Å². The van der Waals surface area contributed by atoms with Gasteiger partial charge < -0.3 is 4.57 Å². The summed E-state index contributed by atoms with van der Waals surface area (Å²) in [4.78, 5) is 24.2. The van der Waals surface area contributed by atoms with Gasteiger partial charge >= 0.3 is 0 Å². The van der Waals surface area contributed by atoms with E-state index in [9.17, 15) is 18.0 Å². The van der Waals surface area contributed by atoms with E-state index in [2.05, 4.69) is 6.58 Å². The van der Waals surface area contributed by atoms with Crippen molar-refractivity contribution in [2.75, 3.05) is 6.26 Å². The summed E-state index contributed by atoms with van der Waals surface area (Å²) in [6.07, 6.45) is 4.04. The molecule has 0 bridgehead atoms. The van der Waals surface area contributed by atoms with E-state index in [1.54, 1.807) is 18.3 Å². The summed E-state index contributed by atoms with van der Waals surface area (Å²) in [5.74, 6) is -1.03. The first-order valence-corrected chi connectivity index (χ1v) is 10.1. The molecule has 1 atom stereocenters. The third-order valence-corrected chi connectivity index (χ3v) is 6.73. The van der Waals surface area contributed by atoms with Crippen LogP contribution < -0.4 is 11.0 Å². The molecule has 1 aromatic heterocycles. The van der Waals surface area contributed by atoms with Crippen molar-refractivity contribution in [1.82, 2.24) is 10.0 Å². The predicted octanol–water partition coefficient (Wildman–Crippen LogP) is 1.86. The third kappa shape index (κ3) is 4.35. The Kier molecular flexibility index (Phi) is 6.02. The monoisotopic (exact) mass is 390 g/mol. The van der Waals surface area contributed by atoms with Crippen molar-refractivity contribution < 1.29 is 18.4 Å². The number of benzene rings is 1. The van der Waals surface area contributed by atoms with Gasteiger partial charge in [-0.15, -0.1) is 0 Å². The van der Waals surface area contributed by atoms with Crippen LogP contribution in [0.3, 0.4) is 0 Å². The van der Waals surface area contributed by atoms with E-state index in [0.717, 1.165) is 22.9 Å². The topological polar surface area (TPSA) is 105 Å². The number of carbonyl (C=O) groups excluding carboxylic acids is 1. The van der Waals surface area contributed by atoms with Crippen LogP contribution in [-0.2, 0) is 21.2 Å². The molecule has 144 valence electrons. The minimum Gasteiger partial charge on any atom is -0.315 e. The number of pyridine rings is 1. The molecule has 1 unspecified atom stereocenters. The van der Waals surface area contributed by atoms with Crippen molar-refractivity contribution in [2.45, 2.75) is 24.6 Å². The normalized spacial score (nSPS) is 13.6. The average molecular weight is 390 g/mol. The Balaban J connectivity index is 2.26. The van der Waals surface area contributed by atoms with Crippen molar-refractivity contribution in [3.8, 4) is 11.1 Å². The summed E-state index contributed by atoms with van der Waals surface area (Å²) in [6, 6.07) is 10.7. The van der Waals surface area contributed by atoms with Crippen LogP contribution >= 0.6 is 0 Å². The number of sulfone groups is 1. The number of rotatable bonds is 7. The van der Waals surface area contributed by atoms with Gasteiger partial charge in [-0.25, -0.2) is 13.9 Å². The van der Waals surface area contributed by atoms with Crippen LogP contribution in [0.5, 0.6) is 0 Å². The van der Waals surface area contributed by atoms with Crippen LogP contribution in [0.4, 0.5) is 0 Å². The summed E-state index contributed by atoms with van der Waals surface area (Å²) < 4.78 is 23.5. The lowest BCUT2D eigenvalue weighted by atomic mass is 10.0. The highest BCUT2D eigenvalue weighted by Gasteiger charge is 2.43. The molecule has 8 heteroatoms. The quantitative estimate of drug-likeness (QED) is 0.554. The number of aryl methyl sites for hydroxylation is 1. The Bertz CT molecular complexity index is 1010. The van der Waals surface area contributed by atoms with E-state index in [1.165, 1.54) is 23.0 Å². The molecule has 2 rings (SSSR count). The van der Waals surface area contributed by atoms with Crippen molar-refractivity contribution in [2.24, 2.45) is 0 Å². The number of nitrogens with zero attached hydrogens (tertiary/aromatic N) is 1. The number of nitrogens with one attached hydrogen (secondary N) is 1. The summed E-state index contributed by atoms with van der Waals surface area (Å²) >= 11 is 0. The molecule has 0 aliphatic rings. The number of hydroxylamine groups is 1. The first kappa shape index (κ1) is 20.6. The second-order valence-electron chi connectivity index (χ2n) is 6.47. The van der Waals surface area contributed by atoms with Crippen LogP contribution in [0.15, 0.2) is 54.0 Å². The van der Waals surface area contributed by atoms with Crippen LogP contribution in [0.1, 0.15) is 18.9 Å². The summed E-state index contributed by atoms with van der Waals surface area (Å²) in [5.41, 5.74) is 3.63. The fraction of sp³-hybridized carbons (Fsp3) is 0.263. The van der Waals surface area contributed by atoms with Crippen LogP contribution in [0, 0.1) is 0 Å². The Morgan fingerprint density at radius 2 is 1.89 bits per heavy atom. The SMILES string of the molecule is C=Cc1ccc(-c2ccn(CCC(C)(C(=O)NO)S(C)(=O)=O)c(=O)c2)cc1. The fourth-order valence-corrected chi connectivity index (χ4v) is 3.45. The first-order chi connectivity index (χ1) is 12.6. The van der Waals surface area contributed by atoms with Gasteiger partial charge in [0.15, 0.2) is 14.6 Å². The number of aromatic nitrogens is 1. The standard InChI is InChI=1S/C19H22N2O5S/c1-4-14-5-7-15(8-6-14)16-9-11-21(17(22)13-16)12-10-19(2,18(23)20-24)27(3,25)26/h4-9,11,13,24H,1,10,12H2,2-3H3,(H,20,23). The Hall–Kier alpha value is -2.71. The summed E-state index contributed by atoms with van der Waals surface area (Å²) in [7, 11) is -3.81. The molecule has 0 radical (unpaired) electrons. The minimum absolute atomic E-state index is 0.00546. The van der Waals surface area contributed by atoms with Crippen molar-refractivity contribution >= 4 is 21.8 Å². The zero-order valence-electron chi connectivity index (χ0n) is 15.2. The highest BCUT2D eigenvalue weighted by Crippen LogP contribution is 2.22. The van der Waals surface area contributed by atoms with E-state index in [1.807, 2.05) is 24.3 Å². The molecular weight excluding hydrogens is 368 g/mol. The minimum atomic E-state index is -3.81. The number of hydrogen-bond acceptors (Lipinski definition) is 5. The molecule has 1 amide bonds. The maximum Gasteiger partial charge on any atom is 0.264 e. The van der Waals surface area contributed by atoms with Gasteiger partial charge in [0.1, 0.15) is 0 Å². The van der Waals surface area contributed by atoms with Gasteiger partial charge in [0.2, 0.25) is 0 Å². The molecule has 7 nitrogen and oxygen atoms in total. The molecule has 1 aromatic carbocycles. The molecule has 0 fully saturated rings. The molecular formula is C19H22N2O5S. The molecule has 1 heterocycles. The van der Waals surface area contributed by atoms with Gasteiger partial charge in [-0.1, -0.05) is 36.9 Å². The molecule has 0 spiro atoms. The van der Waals surface area contributed by atoms with Crippen molar-refractivity contribution in [3.05, 3.63) is 65.1 Å². The smallest absolute Gasteiger partial charge is 0.264 e. The Labute approximate surface area is 157 Å². The second-order valence-corrected chi connectivity index (χ2v) is 8.91. The maximum atomic E-state index is 12.4. The molecule has 2 N–H and O–H groups in total. The van der Waals surface area contributed by atoms with E-state index in [4.69, 9.17) is 5.21 Å². The van der Waals surface area contributed by atoms with E-state index in [0.29, 0.717) is 0 Å². The zero-order chi connectivity index (χ0) is 20.2. The van der Waals surface area contributed by atoms with Crippen molar-refractivity contribution in [1.29, 1.82) is 0 Å². The van der Waals surface area contributed by atoms with Crippen molar-refractivity contribution in [3.63, 3.8) is 0 Å². The Morgan fingerprint density at radius 1 is 1.26 bits per heavy atom. The average Bonchev–Trinajstić information content (AvgIpc) is 2.65. The number of carbonyl (C=O) groups is 1. The van der Waals surface area contributed by atoms with Gasteiger partial charge in [0, 0.05) is 25.1 Å². The van der Waals surface area contributed by atoms with Crippen LogP contribution in [0.2, 0.25) is 0 Å². The maximum absolute atomic E-state index is 12.4. The predicted molar refractivity (Wildman–Crippen MR) is 104 cm³/mol. The van der Waals surface area contributed by atoms with Crippen LogP contribution in [0.25, 0.3) is 17.2 Å². The lowest BCUT2D eigenvalue weighted by Gasteiger charge is -2.25. The molecule has 0 aliphatic heterocycles. The van der Waals surface area contributed by atoms with E-state index in [-0.39, 0.29) is 18.5 Å². The molecule has 2 aromatic rings. The highest BCUT2D eigenvalue weighted by molar-refractivity contribution is 7.92. The van der Waals surface area contributed by atoms with Gasteiger partial charge in [-0.2, -0.15) is 0 Å². The lowest BCUT2D eigenvalue weighted by Crippen LogP contribution is -2.49. The Morgan fingerprint density at radius 3 is 2.37 bits per heavy atom. The number of hydrogen-bond donors (Lipinski definition) is 2. The third-order valence-electron chi connectivity index (χ3n) is 4.71. The van der Waals surface area contributed by atoms with Gasteiger partial charge in [0.25, 0.3) is 11.5 Å². The van der Waals surface area contributed by atoms with E-state index >= 15 is 0 Å². The first-order valence-electron chi connectivity index (χ1n) is 8.20. The largest absolute Gasteiger partial charge is 0.315 e. The van der Waals surface area contributed by atoms with Gasteiger partial charge in [-0.3, -0.25) is 14.8 Å². The molecule has 0 saturated heterocycles. The lowest BCUT2D eigenvalue weighted by molar-refractivity contribution is -0.131.